The molecule has 0 rings (SSSR count). The fourth-order valence-corrected chi connectivity index (χ4v) is 0. The van der Waals surface area contributed by atoms with Crippen LogP contribution in [0.25, 0.3) is 0 Å². The Hall–Kier alpha value is 1.30. The number of hydrogen-bond donors (Lipinski definition) is 2. The van der Waals surface area contributed by atoms with Crippen LogP contribution in [-0.2, 0) is 9.29 Å². The van der Waals surface area contributed by atoms with Gasteiger partial charge in [-0.1, -0.05) is 4.73 Å². The van der Waals surface area contributed by atoms with Crippen molar-refractivity contribution in [2.45, 2.75) is 0 Å². The van der Waals surface area contributed by atoms with Crippen LogP contribution in [0.3, 0.4) is 0 Å². The topological polar surface area (TPSA) is 66.8 Å². The first kappa shape index (κ1) is 11.1. The molecule has 0 unspecified atom stereocenters. The van der Waals surface area contributed by atoms with E-state index >= 15 is 0 Å². The van der Waals surface area contributed by atoms with Crippen molar-refractivity contribution < 1.29 is 26.5 Å². The van der Waals surface area contributed by atoms with E-state index < -0.39 is 7.82 Å². The van der Waals surface area contributed by atoms with E-state index in [2.05, 4.69) is 4.73 Å². The van der Waals surface area contributed by atoms with Gasteiger partial charge in [0.1, 0.15) is 0 Å². The summed E-state index contributed by atoms with van der Waals surface area (Å²) in [7, 11) is -4.81. The molecule has 0 aromatic heterocycles. The third-order valence-electron chi connectivity index (χ3n) is 0.0899. The number of hydrogen-bond acceptors (Lipinski definition) is 2. The van der Waals surface area contributed by atoms with Gasteiger partial charge in [0.05, 0.1) is 0 Å². The van der Waals surface area contributed by atoms with Gasteiger partial charge in [0, 0.05) is 0 Å². The van der Waals surface area contributed by atoms with E-state index in [1.165, 1.54) is 0 Å². The number of halogens is 1. The van der Waals surface area contributed by atoms with Crippen molar-refractivity contribution in [1.29, 1.82) is 0 Å². The van der Waals surface area contributed by atoms with Crippen molar-refractivity contribution in [1.82, 2.24) is 0 Å². The Kier molecular flexibility index (Phi) is 6.70. The molecule has 42 valence electrons. The Morgan fingerprint density at radius 1 is 1.71 bits per heavy atom. The molecular formula is H4CaFO4P. The maximum atomic E-state index is 10.2. The molecule has 0 aliphatic heterocycles. The quantitative estimate of drug-likeness (QED) is 0.410. The summed E-state index contributed by atoms with van der Waals surface area (Å²) < 4.78 is 21.4. The van der Waals surface area contributed by atoms with Gasteiger partial charge in [-0.3, -0.25) is 0 Å². The summed E-state index contributed by atoms with van der Waals surface area (Å²) in [5, 5.41) is 0. The Bertz CT molecular complexity index is 82.6. The van der Waals surface area contributed by atoms with Crippen molar-refractivity contribution in [3.05, 3.63) is 0 Å². The van der Waals surface area contributed by atoms with Gasteiger partial charge in [0.15, 0.2) is 0 Å². The van der Waals surface area contributed by atoms with Crippen molar-refractivity contribution >= 4 is 45.6 Å². The van der Waals surface area contributed by atoms with Crippen LogP contribution in [0.2, 0.25) is 0 Å². The van der Waals surface area contributed by atoms with Crippen molar-refractivity contribution in [2.24, 2.45) is 0 Å². The van der Waals surface area contributed by atoms with Crippen LogP contribution < -0.4 is 0 Å². The average molecular weight is 158 g/mol. The van der Waals surface area contributed by atoms with Crippen LogP contribution in [0, 0.1) is 0 Å². The molecule has 2 N–H and O–H groups in total. The van der Waals surface area contributed by atoms with E-state index in [0.717, 1.165) is 0 Å². The van der Waals surface area contributed by atoms with E-state index in [1.807, 2.05) is 0 Å². The maximum Gasteiger partial charge on any atom is 2.00 e. The van der Waals surface area contributed by atoms with E-state index in [1.54, 1.807) is 0 Å². The first-order valence-corrected chi connectivity index (χ1v) is 2.45. The standard InChI is InChI=1S/Ca.FH2O4P.2H/c;1-5-6(2,3)4;;/h;(H2,2,3,4);;/q+2;;2*-1. The fraction of sp³-hybridized carbons (Fsp3) is 0. The summed E-state index contributed by atoms with van der Waals surface area (Å²) in [6.07, 6.45) is 0. The number of rotatable bonds is 1. The third kappa shape index (κ3) is 11.1. The van der Waals surface area contributed by atoms with Crippen LogP contribution in [0.1, 0.15) is 2.85 Å². The predicted molar refractivity (Wildman–Crippen MR) is 22.2 cm³/mol. The SMILES string of the molecule is O=P(O)(O)OF.[Ca+2].[H-].[H-]. The molecule has 0 aliphatic carbocycles. The monoisotopic (exact) mass is 158 g/mol. The first-order valence-electron chi connectivity index (χ1n) is 0.919. The molecule has 0 bridgehead atoms. The van der Waals surface area contributed by atoms with Gasteiger partial charge in [0.25, 0.3) is 0 Å². The summed E-state index contributed by atoms with van der Waals surface area (Å²) in [6, 6.07) is 0. The summed E-state index contributed by atoms with van der Waals surface area (Å²) in [5.74, 6) is 0. The molecule has 0 aromatic rings. The van der Waals surface area contributed by atoms with Gasteiger partial charge in [-0.2, -0.15) is 0 Å². The van der Waals surface area contributed by atoms with Crippen LogP contribution in [0.5, 0.6) is 0 Å². The van der Waals surface area contributed by atoms with Gasteiger partial charge in [-0.15, -0.1) is 0 Å². The van der Waals surface area contributed by atoms with E-state index in [0.29, 0.717) is 0 Å². The van der Waals surface area contributed by atoms with Gasteiger partial charge in [0.2, 0.25) is 0 Å². The molecule has 0 heterocycles. The minimum Gasteiger partial charge on any atom is -1.00 e. The Balaban J connectivity index is -0.0000000417. The molecule has 4 nitrogen and oxygen atoms in total. The van der Waals surface area contributed by atoms with Crippen LogP contribution in [0.4, 0.5) is 4.53 Å². The van der Waals surface area contributed by atoms with Gasteiger partial charge in [-0.05, 0) is 4.53 Å². The molecule has 0 amide bonds. The second kappa shape index (κ2) is 4.21. The zero-order valence-corrected chi connectivity index (χ0v) is 6.35. The summed E-state index contributed by atoms with van der Waals surface area (Å²) >= 11 is 0. The molecule has 0 atom stereocenters. The van der Waals surface area contributed by atoms with E-state index in [9.17, 15) is 4.53 Å². The van der Waals surface area contributed by atoms with Crippen molar-refractivity contribution in [2.75, 3.05) is 0 Å². The van der Waals surface area contributed by atoms with Crippen LogP contribution >= 0.6 is 7.82 Å². The Morgan fingerprint density at radius 3 is 1.86 bits per heavy atom. The van der Waals surface area contributed by atoms with E-state index in [-0.39, 0.29) is 40.6 Å². The normalized spacial score (nSPS) is 10.1. The molecule has 0 fully saturated rings. The summed E-state index contributed by atoms with van der Waals surface area (Å²) in [6.45, 7) is 0. The largest absolute Gasteiger partial charge is 2.00 e. The fourth-order valence-electron chi connectivity index (χ4n) is 0. The summed E-state index contributed by atoms with van der Waals surface area (Å²) in [5.41, 5.74) is 0. The second-order valence-corrected chi connectivity index (χ2v) is 1.68. The number of phosphoric acid groups is 1. The molecule has 7 heavy (non-hydrogen) atoms. The molecule has 0 saturated heterocycles. The summed E-state index contributed by atoms with van der Waals surface area (Å²) in [4.78, 5) is 14.7. The zero-order valence-electron chi connectivity index (χ0n) is 5.24. The van der Waals surface area contributed by atoms with Crippen LogP contribution in [-0.4, -0.2) is 47.5 Å². The molecule has 0 aliphatic rings. The zero-order chi connectivity index (χ0) is 5.21. The molecule has 0 aromatic carbocycles. The maximum absolute atomic E-state index is 10.2. The molecule has 0 spiro atoms. The third-order valence-corrected chi connectivity index (χ3v) is 0.270. The minimum atomic E-state index is -4.81. The average Bonchev–Trinajstić information content (AvgIpc) is 1.35. The van der Waals surface area contributed by atoms with Crippen molar-refractivity contribution in [3.8, 4) is 0 Å². The predicted octanol–water partition coefficient (Wildman–Crippen LogP) is -0.176. The van der Waals surface area contributed by atoms with Gasteiger partial charge >= 0.3 is 45.6 Å². The molecule has 0 saturated carbocycles. The molecule has 7 heteroatoms. The second-order valence-electron chi connectivity index (χ2n) is 0.560. The molecule has 0 radical (unpaired) electrons. The minimum absolute atomic E-state index is 0. The first-order chi connectivity index (χ1) is 2.56. The van der Waals surface area contributed by atoms with Crippen LogP contribution in [0.15, 0.2) is 0 Å². The van der Waals surface area contributed by atoms with E-state index in [4.69, 9.17) is 14.4 Å². The Morgan fingerprint density at radius 2 is 1.86 bits per heavy atom. The molecular weight excluding hydrogens is 154 g/mol. The van der Waals surface area contributed by atoms with Gasteiger partial charge in [-0.25, -0.2) is 4.57 Å². The Labute approximate surface area is 71.8 Å². The van der Waals surface area contributed by atoms with Gasteiger partial charge < -0.3 is 12.6 Å². The van der Waals surface area contributed by atoms with Crippen molar-refractivity contribution in [3.63, 3.8) is 0 Å². The smallest absolute Gasteiger partial charge is 1.00 e.